The molecule has 0 saturated carbocycles. The molecule has 0 spiro atoms. The van der Waals surface area contributed by atoms with Gasteiger partial charge in [0.2, 0.25) is 0 Å². The third-order valence-electron chi connectivity index (χ3n) is 4.07. The van der Waals surface area contributed by atoms with Crippen molar-refractivity contribution in [2.24, 2.45) is 0 Å². The predicted molar refractivity (Wildman–Crippen MR) is 77.4 cm³/mol. The van der Waals surface area contributed by atoms with E-state index < -0.39 is 8.07 Å². The molecule has 0 amide bonds. The first kappa shape index (κ1) is 13.2. The normalized spacial score (nSPS) is 11.5. The van der Waals surface area contributed by atoms with Gasteiger partial charge in [-0.3, -0.25) is 0 Å². The van der Waals surface area contributed by atoms with E-state index in [4.69, 9.17) is 0 Å². The Morgan fingerprint density at radius 3 is 1.81 bits per heavy atom. The van der Waals surface area contributed by atoms with E-state index in [0.717, 1.165) is 0 Å². The Bertz CT molecular complexity index is 336. The van der Waals surface area contributed by atoms with Crippen molar-refractivity contribution in [2.45, 2.75) is 45.8 Å². The second-order valence-electron chi connectivity index (χ2n) is 4.69. The highest BCUT2D eigenvalue weighted by molar-refractivity contribution is 6.96. The van der Waals surface area contributed by atoms with Crippen LogP contribution in [0.3, 0.4) is 0 Å². The molecule has 16 heavy (non-hydrogen) atoms. The van der Waals surface area contributed by atoms with Crippen LogP contribution in [0, 0.1) is 6.92 Å². The molecule has 0 fully saturated rings. The van der Waals surface area contributed by atoms with E-state index in [-0.39, 0.29) is 0 Å². The van der Waals surface area contributed by atoms with Gasteiger partial charge in [0.25, 0.3) is 0 Å². The van der Waals surface area contributed by atoms with E-state index in [9.17, 15) is 0 Å². The van der Waals surface area contributed by atoms with Crippen molar-refractivity contribution in [1.29, 1.82) is 0 Å². The molecule has 0 heterocycles. The van der Waals surface area contributed by atoms with Crippen LogP contribution in [0.2, 0.25) is 18.1 Å². The van der Waals surface area contributed by atoms with E-state index in [1.54, 1.807) is 0 Å². The third kappa shape index (κ3) is 2.46. The van der Waals surface area contributed by atoms with Gasteiger partial charge in [0.15, 0.2) is 0 Å². The van der Waals surface area contributed by atoms with Gasteiger partial charge in [0, 0.05) is 0 Å². The van der Waals surface area contributed by atoms with Crippen molar-refractivity contribution in [2.75, 3.05) is 0 Å². The van der Waals surface area contributed by atoms with Crippen LogP contribution < -0.4 is 0 Å². The third-order valence-corrected chi connectivity index (χ3v) is 9.70. The molecule has 1 aromatic carbocycles. The maximum atomic E-state index is 4.40. The Balaban J connectivity index is 3.04. The molecular weight excluding hydrogens is 208 g/mol. The lowest BCUT2D eigenvalue weighted by atomic mass is 10.1. The number of benzene rings is 1. The quantitative estimate of drug-likeness (QED) is 0.623. The fourth-order valence-electron chi connectivity index (χ4n) is 2.45. The van der Waals surface area contributed by atoms with E-state index >= 15 is 0 Å². The molecule has 1 rings (SSSR count). The largest absolute Gasteiger partial charge is 0.0992 e. The van der Waals surface area contributed by atoms with E-state index in [1.807, 2.05) is 0 Å². The van der Waals surface area contributed by atoms with E-state index in [1.165, 1.54) is 34.5 Å². The molecule has 1 aromatic rings. The second kappa shape index (κ2) is 5.49. The first-order chi connectivity index (χ1) is 7.59. The minimum atomic E-state index is -1.27. The van der Waals surface area contributed by atoms with Crippen molar-refractivity contribution in [3.8, 4) is 0 Å². The Kier molecular flexibility index (Phi) is 4.54. The highest BCUT2D eigenvalue weighted by atomic mass is 28.3. The fourth-order valence-corrected chi connectivity index (χ4v) is 6.01. The molecule has 0 aromatic heterocycles. The molecule has 0 N–H and O–H groups in total. The molecule has 0 aliphatic heterocycles. The average molecular weight is 232 g/mol. The Hall–Kier alpha value is -0.823. The maximum absolute atomic E-state index is 4.40. The molecule has 88 valence electrons. The van der Waals surface area contributed by atoms with Crippen LogP contribution in [0.25, 0.3) is 5.20 Å². The average Bonchev–Trinajstić information content (AvgIpc) is 2.33. The minimum absolute atomic E-state index is 1.27. The monoisotopic (exact) mass is 232 g/mol. The number of hydrogen-bond acceptors (Lipinski definition) is 0. The number of rotatable bonds is 5. The molecule has 0 radical (unpaired) electrons. The first-order valence-electron chi connectivity index (χ1n) is 6.36. The molecule has 0 atom stereocenters. The summed E-state index contributed by atoms with van der Waals surface area (Å²) in [7, 11) is -1.27. The van der Waals surface area contributed by atoms with Crippen molar-refractivity contribution in [1.82, 2.24) is 0 Å². The van der Waals surface area contributed by atoms with Crippen LogP contribution >= 0.6 is 0 Å². The van der Waals surface area contributed by atoms with Gasteiger partial charge in [0.1, 0.15) is 0 Å². The Morgan fingerprint density at radius 1 is 1.00 bits per heavy atom. The second-order valence-corrected chi connectivity index (χ2v) is 9.97. The van der Waals surface area contributed by atoms with Crippen molar-refractivity contribution in [3.63, 3.8) is 0 Å². The van der Waals surface area contributed by atoms with Gasteiger partial charge in [-0.05, 0) is 12.5 Å². The van der Waals surface area contributed by atoms with Crippen LogP contribution in [0.1, 0.15) is 31.9 Å². The molecule has 1 heteroatoms. The summed E-state index contributed by atoms with van der Waals surface area (Å²) in [4.78, 5) is 0. The summed E-state index contributed by atoms with van der Waals surface area (Å²) in [5.41, 5.74) is 2.69. The summed E-state index contributed by atoms with van der Waals surface area (Å²) in [5.74, 6) is 0. The topological polar surface area (TPSA) is 0 Å². The SMILES string of the molecule is C=C(c1ccc(C)cc1)[Si](CC)(CC)CC. The summed E-state index contributed by atoms with van der Waals surface area (Å²) in [6.45, 7) is 13.5. The van der Waals surface area contributed by atoms with Gasteiger partial charge in [-0.25, -0.2) is 0 Å². The van der Waals surface area contributed by atoms with Crippen molar-refractivity contribution < 1.29 is 0 Å². The highest BCUT2D eigenvalue weighted by Gasteiger charge is 2.30. The van der Waals surface area contributed by atoms with Crippen LogP contribution in [0.15, 0.2) is 30.8 Å². The Morgan fingerprint density at radius 2 is 1.44 bits per heavy atom. The lowest BCUT2D eigenvalue weighted by Gasteiger charge is -2.30. The lowest BCUT2D eigenvalue weighted by Crippen LogP contribution is -2.33. The van der Waals surface area contributed by atoms with Gasteiger partial charge in [-0.1, -0.05) is 80.5 Å². The summed E-state index contributed by atoms with van der Waals surface area (Å²) in [5, 5.41) is 1.44. The Labute approximate surface area is 101 Å². The fraction of sp³-hybridized carbons (Fsp3) is 0.467. The number of hydrogen-bond donors (Lipinski definition) is 0. The molecule has 0 bridgehead atoms. The molecular formula is C15H24Si. The van der Waals surface area contributed by atoms with Crippen molar-refractivity contribution in [3.05, 3.63) is 42.0 Å². The van der Waals surface area contributed by atoms with E-state index in [2.05, 4.69) is 58.5 Å². The van der Waals surface area contributed by atoms with Crippen LogP contribution in [0.5, 0.6) is 0 Å². The summed E-state index contributed by atoms with van der Waals surface area (Å²) >= 11 is 0. The molecule has 0 nitrogen and oxygen atoms in total. The summed E-state index contributed by atoms with van der Waals surface area (Å²) in [6.07, 6.45) is 0. The molecule has 0 saturated heterocycles. The molecule has 0 aliphatic rings. The zero-order chi connectivity index (χ0) is 12.2. The van der Waals surface area contributed by atoms with Crippen LogP contribution in [0.4, 0.5) is 0 Å². The standard InChI is InChI=1S/C15H24Si/c1-6-16(7-2,8-3)14(5)15-11-9-13(4)10-12-15/h9-12H,5-8H2,1-4H3. The van der Waals surface area contributed by atoms with E-state index in [0.29, 0.717) is 0 Å². The van der Waals surface area contributed by atoms with Gasteiger partial charge >= 0.3 is 0 Å². The van der Waals surface area contributed by atoms with Crippen LogP contribution in [-0.2, 0) is 0 Å². The zero-order valence-corrected chi connectivity index (χ0v) is 12.1. The predicted octanol–water partition coefficient (Wildman–Crippen LogP) is 5.06. The van der Waals surface area contributed by atoms with Gasteiger partial charge < -0.3 is 0 Å². The minimum Gasteiger partial charge on any atom is -0.0992 e. The molecule has 0 unspecified atom stereocenters. The van der Waals surface area contributed by atoms with Gasteiger partial charge in [0.05, 0.1) is 8.07 Å². The number of aryl methyl sites for hydroxylation is 1. The van der Waals surface area contributed by atoms with Crippen LogP contribution in [-0.4, -0.2) is 8.07 Å². The van der Waals surface area contributed by atoms with Crippen molar-refractivity contribution >= 4 is 13.3 Å². The first-order valence-corrected chi connectivity index (χ1v) is 8.98. The summed E-state index contributed by atoms with van der Waals surface area (Å²) in [6, 6.07) is 12.8. The smallest absolute Gasteiger partial charge is 0.0859 e. The summed E-state index contributed by atoms with van der Waals surface area (Å²) < 4.78 is 0. The highest BCUT2D eigenvalue weighted by Crippen LogP contribution is 2.33. The zero-order valence-electron chi connectivity index (χ0n) is 11.1. The maximum Gasteiger partial charge on any atom is 0.0859 e. The van der Waals surface area contributed by atoms with Gasteiger partial charge in [-0.15, -0.1) is 0 Å². The lowest BCUT2D eigenvalue weighted by molar-refractivity contribution is 1.20. The van der Waals surface area contributed by atoms with Gasteiger partial charge in [-0.2, -0.15) is 0 Å². The molecule has 0 aliphatic carbocycles.